The molecule has 5 rings (SSSR count). The van der Waals surface area contributed by atoms with Crippen LogP contribution in [-0.4, -0.2) is 57.2 Å². The molecule has 0 aliphatic carbocycles. The number of carbonyl (C=O) groups excluding carboxylic acids is 1. The van der Waals surface area contributed by atoms with Gasteiger partial charge in [-0.1, -0.05) is 6.92 Å². The number of aromatic amines is 1. The molecule has 0 aliphatic heterocycles. The summed E-state index contributed by atoms with van der Waals surface area (Å²) in [6.45, 7) is 2.44. The summed E-state index contributed by atoms with van der Waals surface area (Å²) in [7, 11) is 5.54. The fourth-order valence-corrected chi connectivity index (χ4v) is 4.23. The number of nitrogens with zero attached hydrogens (tertiary/aromatic N) is 7. The lowest BCUT2D eigenvalue weighted by Gasteiger charge is -2.19. The van der Waals surface area contributed by atoms with Gasteiger partial charge in [-0.3, -0.25) is 9.48 Å². The SMILES string of the molecule is CCc1ncc(CN(C)C(=O)c2cc(-c3cc(-c4ncc[nH]4)n(C)n3)nc3ccc(O)cc23)n1C. The number of amides is 1. The Morgan fingerprint density at radius 3 is 2.69 bits per heavy atom. The van der Waals surface area contributed by atoms with Gasteiger partial charge >= 0.3 is 0 Å². The van der Waals surface area contributed by atoms with Gasteiger partial charge in [0.1, 0.15) is 23.0 Å². The van der Waals surface area contributed by atoms with Gasteiger partial charge in [0.15, 0.2) is 5.82 Å². The fourth-order valence-electron chi connectivity index (χ4n) is 4.23. The van der Waals surface area contributed by atoms with Crippen LogP contribution in [0.15, 0.2) is 48.9 Å². The van der Waals surface area contributed by atoms with Crippen molar-refractivity contribution < 1.29 is 9.90 Å². The molecule has 10 nitrogen and oxygen atoms in total. The number of nitrogens with one attached hydrogen (secondary N) is 1. The number of benzene rings is 1. The lowest BCUT2D eigenvalue weighted by atomic mass is 10.0. The largest absolute Gasteiger partial charge is 0.508 e. The fraction of sp³-hybridized carbons (Fsp3) is 0.240. The first-order valence-electron chi connectivity index (χ1n) is 11.3. The molecule has 0 saturated heterocycles. The molecule has 4 aromatic heterocycles. The lowest BCUT2D eigenvalue weighted by molar-refractivity contribution is 0.0784. The summed E-state index contributed by atoms with van der Waals surface area (Å²) in [4.78, 5) is 31.9. The zero-order valence-corrected chi connectivity index (χ0v) is 20.0. The average Bonchev–Trinajstić information content (AvgIpc) is 3.59. The van der Waals surface area contributed by atoms with Crippen LogP contribution < -0.4 is 0 Å². The van der Waals surface area contributed by atoms with Crippen LogP contribution in [0.4, 0.5) is 0 Å². The molecule has 0 spiro atoms. The first-order valence-corrected chi connectivity index (χ1v) is 11.3. The normalized spacial score (nSPS) is 11.3. The van der Waals surface area contributed by atoms with Crippen LogP contribution in [0.25, 0.3) is 33.8 Å². The number of imidazole rings is 2. The molecule has 0 aliphatic rings. The molecule has 4 heterocycles. The van der Waals surface area contributed by atoms with E-state index in [4.69, 9.17) is 4.98 Å². The Labute approximate surface area is 201 Å². The van der Waals surface area contributed by atoms with E-state index in [0.29, 0.717) is 40.2 Å². The highest BCUT2D eigenvalue weighted by atomic mass is 16.3. The number of aromatic hydroxyl groups is 1. The molecule has 0 saturated carbocycles. The molecule has 5 aromatic rings. The molecular weight excluding hydrogens is 444 g/mol. The topological polar surface area (TPSA) is 118 Å². The first-order chi connectivity index (χ1) is 16.9. The Hall–Kier alpha value is -4.47. The minimum Gasteiger partial charge on any atom is -0.508 e. The number of rotatable bonds is 6. The highest BCUT2D eigenvalue weighted by Crippen LogP contribution is 2.29. The van der Waals surface area contributed by atoms with E-state index in [1.807, 2.05) is 31.7 Å². The number of pyridine rings is 1. The van der Waals surface area contributed by atoms with Gasteiger partial charge in [-0.05, 0) is 30.3 Å². The van der Waals surface area contributed by atoms with Crippen molar-refractivity contribution in [3.8, 4) is 28.7 Å². The third kappa shape index (κ3) is 4.03. The second-order valence-corrected chi connectivity index (χ2v) is 8.47. The summed E-state index contributed by atoms with van der Waals surface area (Å²) in [5.74, 6) is 1.53. The number of aromatic nitrogens is 7. The van der Waals surface area contributed by atoms with Gasteiger partial charge in [0, 0.05) is 45.3 Å². The predicted molar refractivity (Wildman–Crippen MR) is 132 cm³/mol. The molecule has 0 radical (unpaired) electrons. The first kappa shape index (κ1) is 22.3. The Morgan fingerprint density at radius 2 is 1.97 bits per heavy atom. The summed E-state index contributed by atoms with van der Waals surface area (Å²) >= 11 is 0. The van der Waals surface area contributed by atoms with Crippen molar-refractivity contribution in [2.24, 2.45) is 14.1 Å². The highest BCUT2D eigenvalue weighted by molar-refractivity contribution is 6.07. The van der Waals surface area contributed by atoms with E-state index in [0.717, 1.165) is 23.6 Å². The molecule has 2 N–H and O–H groups in total. The van der Waals surface area contributed by atoms with Crippen LogP contribution in [0.3, 0.4) is 0 Å². The van der Waals surface area contributed by atoms with Crippen LogP contribution in [0.2, 0.25) is 0 Å². The van der Waals surface area contributed by atoms with Crippen molar-refractivity contribution in [1.82, 2.24) is 39.2 Å². The van der Waals surface area contributed by atoms with Crippen LogP contribution in [0.1, 0.15) is 28.8 Å². The molecule has 0 atom stereocenters. The molecule has 1 aromatic carbocycles. The number of hydrogen-bond acceptors (Lipinski definition) is 6. The number of carbonyl (C=O) groups is 1. The van der Waals surface area contributed by atoms with Crippen LogP contribution >= 0.6 is 0 Å². The van der Waals surface area contributed by atoms with Crippen LogP contribution in [0, 0.1) is 0 Å². The van der Waals surface area contributed by atoms with E-state index in [2.05, 4.69) is 20.1 Å². The number of phenols is 1. The van der Waals surface area contributed by atoms with Crippen molar-refractivity contribution in [2.75, 3.05) is 7.05 Å². The second kappa shape index (κ2) is 8.71. The third-order valence-electron chi connectivity index (χ3n) is 6.15. The summed E-state index contributed by atoms with van der Waals surface area (Å²) in [5, 5.41) is 15.3. The standard InChI is InChI=1S/C25H26N8O2/c1-5-23-28-13-15(32(23)3)14-31(2)25(35)18-11-20(29-19-7-6-16(34)10-17(18)19)21-12-22(33(4)30-21)24-26-8-9-27-24/h6-13,34H,5,14H2,1-4H3,(H,26,27). The van der Waals surface area contributed by atoms with E-state index < -0.39 is 0 Å². The smallest absolute Gasteiger partial charge is 0.254 e. The molecule has 10 heteroatoms. The van der Waals surface area contributed by atoms with Gasteiger partial charge in [-0.2, -0.15) is 5.10 Å². The minimum absolute atomic E-state index is 0.0703. The number of aryl methyl sites for hydroxylation is 2. The Morgan fingerprint density at radius 1 is 1.14 bits per heavy atom. The Bertz CT molecular complexity index is 1530. The molecule has 35 heavy (non-hydrogen) atoms. The monoisotopic (exact) mass is 470 g/mol. The zero-order valence-electron chi connectivity index (χ0n) is 20.0. The maximum Gasteiger partial charge on any atom is 0.254 e. The number of hydrogen-bond donors (Lipinski definition) is 2. The summed E-state index contributed by atoms with van der Waals surface area (Å²) in [6.07, 6.45) is 6.05. The van der Waals surface area contributed by atoms with Gasteiger partial charge in [-0.25, -0.2) is 15.0 Å². The van der Waals surface area contributed by atoms with Crippen LogP contribution in [0.5, 0.6) is 5.75 Å². The Kier molecular flexibility index (Phi) is 5.56. The summed E-state index contributed by atoms with van der Waals surface area (Å²) in [5.41, 5.74) is 3.94. The molecule has 1 amide bonds. The third-order valence-corrected chi connectivity index (χ3v) is 6.15. The summed E-state index contributed by atoms with van der Waals surface area (Å²) < 4.78 is 3.73. The van der Waals surface area contributed by atoms with Crippen molar-refractivity contribution in [1.29, 1.82) is 0 Å². The van der Waals surface area contributed by atoms with Crippen LogP contribution in [-0.2, 0) is 27.1 Å². The zero-order chi connectivity index (χ0) is 24.7. The number of fused-ring (bicyclic) bond motifs is 1. The average molecular weight is 471 g/mol. The van der Waals surface area contributed by atoms with Gasteiger partial charge in [0.25, 0.3) is 5.91 Å². The van der Waals surface area contributed by atoms with Crippen molar-refractivity contribution >= 4 is 16.8 Å². The van der Waals surface area contributed by atoms with Gasteiger partial charge < -0.3 is 19.6 Å². The molecule has 0 unspecified atom stereocenters. The number of phenolic OH excluding ortho intramolecular Hbond substituents is 1. The van der Waals surface area contributed by atoms with Gasteiger partial charge in [0.2, 0.25) is 0 Å². The molecule has 178 valence electrons. The van der Waals surface area contributed by atoms with Gasteiger partial charge in [-0.15, -0.1) is 0 Å². The molecule has 0 bridgehead atoms. The van der Waals surface area contributed by atoms with Crippen molar-refractivity contribution in [3.05, 3.63) is 66.0 Å². The maximum atomic E-state index is 13.7. The van der Waals surface area contributed by atoms with E-state index in [1.165, 1.54) is 0 Å². The Balaban J connectivity index is 1.57. The number of H-pyrrole nitrogens is 1. The van der Waals surface area contributed by atoms with E-state index in [1.54, 1.807) is 59.5 Å². The predicted octanol–water partition coefficient (Wildman–Crippen LogP) is 3.30. The quantitative estimate of drug-likeness (QED) is 0.393. The highest BCUT2D eigenvalue weighted by Gasteiger charge is 2.21. The summed E-state index contributed by atoms with van der Waals surface area (Å²) in [6, 6.07) is 8.45. The minimum atomic E-state index is -0.189. The van der Waals surface area contributed by atoms with Crippen molar-refractivity contribution in [3.63, 3.8) is 0 Å². The lowest BCUT2D eigenvalue weighted by Crippen LogP contribution is -2.27. The maximum absolute atomic E-state index is 13.7. The van der Waals surface area contributed by atoms with E-state index in [9.17, 15) is 9.90 Å². The molecular formula is C25H26N8O2. The molecule has 0 fully saturated rings. The van der Waals surface area contributed by atoms with Gasteiger partial charge in [0.05, 0.1) is 35.2 Å². The van der Waals surface area contributed by atoms with Crippen molar-refractivity contribution in [2.45, 2.75) is 19.9 Å². The second-order valence-electron chi connectivity index (χ2n) is 8.47. The van der Waals surface area contributed by atoms with E-state index in [-0.39, 0.29) is 11.7 Å². The van der Waals surface area contributed by atoms with E-state index >= 15 is 0 Å².